The van der Waals surface area contributed by atoms with E-state index < -0.39 is 0 Å². The number of hydrogen-bond donors (Lipinski definition) is 1. The Morgan fingerprint density at radius 2 is 2.15 bits per heavy atom. The van der Waals surface area contributed by atoms with E-state index in [2.05, 4.69) is 5.32 Å². The third-order valence-corrected chi connectivity index (χ3v) is 4.56. The molecule has 0 spiro atoms. The van der Waals surface area contributed by atoms with Crippen molar-refractivity contribution in [1.29, 1.82) is 0 Å². The van der Waals surface area contributed by atoms with E-state index in [1.807, 2.05) is 36.2 Å². The zero-order valence-corrected chi connectivity index (χ0v) is 13.9. The quantitative estimate of drug-likeness (QED) is 0.840. The van der Waals surface area contributed by atoms with Gasteiger partial charge in [0, 0.05) is 23.0 Å². The van der Waals surface area contributed by atoms with E-state index in [1.54, 1.807) is 11.8 Å². The Balaban J connectivity index is 0.00000200. The molecule has 1 unspecified atom stereocenters. The third-order valence-electron chi connectivity index (χ3n) is 3.31. The largest absolute Gasteiger partial charge is 0.342 e. The van der Waals surface area contributed by atoms with Gasteiger partial charge in [0.2, 0.25) is 5.91 Å². The van der Waals surface area contributed by atoms with Crippen molar-refractivity contribution in [3.05, 3.63) is 29.3 Å². The lowest BCUT2D eigenvalue weighted by Crippen LogP contribution is -2.31. The number of likely N-dealkylation sites (tertiary alicyclic amines) is 1. The molecule has 1 aromatic carbocycles. The van der Waals surface area contributed by atoms with Crippen molar-refractivity contribution in [2.45, 2.75) is 11.3 Å². The van der Waals surface area contributed by atoms with Crippen LogP contribution in [0.4, 0.5) is 0 Å². The van der Waals surface area contributed by atoms with Crippen LogP contribution in [0.5, 0.6) is 0 Å². The first-order chi connectivity index (χ1) is 9.19. The van der Waals surface area contributed by atoms with Crippen molar-refractivity contribution in [3.63, 3.8) is 0 Å². The lowest BCUT2D eigenvalue weighted by atomic mass is 10.1. The van der Waals surface area contributed by atoms with E-state index in [9.17, 15) is 4.79 Å². The van der Waals surface area contributed by atoms with Crippen LogP contribution in [0.1, 0.15) is 6.42 Å². The summed E-state index contributed by atoms with van der Waals surface area (Å²) < 4.78 is 0. The van der Waals surface area contributed by atoms with Crippen LogP contribution in [0.2, 0.25) is 5.02 Å². The van der Waals surface area contributed by atoms with Crippen LogP contribution in [-0.4, -0.2) is 43.2 Å². The van der Waals surface area contributed by atoms with Gasteiger partial charge in [-0.25, -0.2) is 0 Å². The molecule has 3 nitrogen and oxygen atoms in total. The van der Waals surface area contributed by atoms with Crippen LogP contribution in [0.3, 0.4) is 0 Å². The molecule has 0 bridgehead atoms. The highest BCUT2D eigenvalue weighted by atomic mass is 35.5. The van der Waals surface area contributed by atoms with Crippen molar-refractivity contribution in [3.8, 4) is 0 Å². The summed E-state index contributed by atoms with van der Waals surface area (Å²) in [6, 6.07) is 7.61. The van der Waals surface area contributed by atoms with Crippen LogP contribution < -0.4 is 5.32 Å². The maximum absolute atomic E-state index is 12.1. The zero-order chi connectivity index (χ0) is 13.7. The average molecular weight is 335 g/mol. The standard InChI is InChI=1S/C14H19ClN2OS.ClH/c1-16-8-11-6-7-17(9-11)14(18)10-19-13-4-2-12(15)3-5-13;/h2-5,11,16H,6-10H2,1H3;1H. The Morgan fingerprint density at radius 3 is 2.80 bits per heavy atom. The summed E-state index contributed by atoms with van der Waals surface area (Å²) in [5, 5.41) is 3.90. The molecule has 0 radical (unpaired) electrons. The van der Waals surface area contributed by atoms with Gasteiger partial charge in [-0.05, 0) is 50.2 Å². The molecular formula is C14H20Cl2N2OS. The van der Waals surface area contributed by atoms with Crippen molar-refractivity contribution in [2.24, 2.45) is 5.92 Å². The summed E-state index contributed by atoms with van der Waals surface area (Å²) in [7, 11) is 1.96. The minimum absolute atomic E-state index is 0. The number of thioether (sulfide) groups is 1. The highest BCUT2D eigenvalue weighted by Gasteiger charge is 2.25. The fraction of sp³-hybridized carbons (Fsp3) is 0.500. The van der Waals surface area contributed by atoms with E-state index in [0.29, 0.717) is 11.7 Å². The molecule has 1 fully saturated rings. The molecule has 1 aliphatic heterocycles. The first-order valence-corrected chi connectivity index (χ1v) is 7.86. The van der Waals surface area contributed by atoms with Gasteiger partial charge < -0.3 is 10.2 Å². The molecule has 1 amide bonds. The van der Waals surface area contributed by atoms with Gasteiger partial charge in [-0.3, -0.25) is 4.79 Å². The predicted octanol–water partition coefficient (Wildman–Crippen LogP) is 2.92. The molecular weight excluding hydrogens is 315 g/mol. The summed E-state index contributed by atoms with van der Waals surface area (Å²) in [6.07, 6.45) is 1.11. The topological polar surface area (TPSA) is 32.3 Å². The molecule has 1 aliphatic rings. The molecule has 1 atom stereocenters. The fourth-order valence-electron chi connectivity index (χ4n) is 2.28. The minimum Gasteiger partial charge on any atom is -0.342 e. The number of nitrogens with one attached hydrogen (secondary N) is 1. The second kappa shape index (κ2) is 8.78. The Bertz CT molecular complexity index is 428. The van der Waals surface area contributed by atoms with Crippen LogP contribution in [-0.2, 0) is 4.79 Å². The van der Waals surface area contributed by atoms with E-state index in [0.717, 1.165) is 36.0 Å². The maximum Gasteiger partial charge on any atom is 0.232 e. The lowest BCUT2D eigenvalue weighted by Gasteiger charge is -2.16. The zero-order valence-electron chi connectivity index (χ0n) is 11.5. The molecule has 0 saturated carbocycles. The third kappa shape index (κ3) is 5.17. The van der Waals surface area contributed by atoms with Gasteiger partial charge in [-0.15, -0.1) is 24.2 Å². The summed E-state index contributed by atoms with van der Waals surface area (Å²) in [5.74, 6) is 1.35. The highest BCUT2D eigenvalue weighted by molar-refractivity contribution is 8.00. The Hall–Kier alpha value is -0.420. The van der Waals surface area contributed by atoms with E-state index in [4.69, 9.17) is 11.6 Å². The van der Waals surface area contributed by atoms with Crippen molar-refractivity contribution in [2.75, 3.05) is 32.4 Å². The van der Waals surface area contributed by atoms with Gasteiger partial charge in [0.25, 0.3) is 0 Å². The maximum atomic E-state index is 12.1. The number of halogens is 2. The highest BCUT2D eigenvalue weighted by Crippen LogP contribution is 2.22. The van der Waals surface area contributed by atoms with Gasteiger partial charge in [0.1, 0.15) is 0 Å². The molecule has 1 heterocycles. The minimum atomic E-state index is 0. The van der Waals surface area contributed by atoms with Crippen LogP contribution in [0.25, 0.3) is 0 Å². The first-order valence-electron chi connectivity index (χ1n) is 6.50. The molecule has 6 heteroatoms. The van der Waals surface area contributed by atoms with Crippen LogP contribution in [0.15, 0.2) is 29.2 Å². The number of carbonyl (C=O) groups excluding carboxylic acids is 1. The number of rotatable bonds is 5. The monoisotopic (exact) mass is 334 g/mol. The molecule has 1 N–H and O–H groups in total. The van der Waals surface area contributed by atoms with Gasteiger partial charge in [0.15, 0.2) is 0 Å². The fourth-order valence-corrected chi connectivity index (χ4v) is 3.21. The van der Waals surface area contributed by atoms with E-state index >= 15 is 0 Å². The summed E-state index contributed by atoms with van der Waals surface area (Å²) >= 11 is 7.41. The summed E-state index contributed by atoms with van der Waals surface area (Å²) in [6.45, 7) is 2.78. The van der Waals surface area contributed by atoms with Crippen LogP contribution >= 0.6 is 35.8 Å². The van der Waals surface area contributed by atoms with Gasteiger partial charge >= 0.3 is 0 Å². The molecule has 112 valence electrons. The molecule has 2 rings (SSSR count). The van der Waals surface area contributed by atoms with Gasteiger partial charge in [0.05, 0.1) is 5.75 Å². The summed E-state index contributed by atoms with van der Waals surface area (Å²) in [4.78, 5) is 15.2. The number of carbonyl (C=O) groups is 1. The number of amides is 1. The SMILES string of the molecule is CNCC1CCN(C(=O)CSc2ccc(Cl)cc2)C1.Cl. The van der Waals surface area contributed by atoms with Gasteiger partial charge in [-0.1, -0.05) is 11.6 Å². The molecule has 0 aromatic heterocycles. The Kier molecular flexibility index (Phi) is 7.74. The lowest BCUT2D eigenvalue weighted by molar-refractivity contribution is -0.127. The van der Waals surface area contributed by atoms with E-state index in [-0.39, 0.29) is 18.3 Å². The normalized spacial score (nSPS) is 17.9. The first kappa shape index (κ1) is 17.6. The molecule has 1 saturated heterocycles. The van der Waals surface area contributed by atoms with E-state index in [1.165, 1.54) is 0 Å². The Labute approximate surface area is 135 Å². The number of nitrogens with zero attached hydrogens (tertiary/aromatic N) is 1. The second-order valence-electron chi connectivity index (χ2n) is 4.79. The van der Waals surface area contributed by atoms with Crippen LogP contribution in [0, 0.1) is 5.92 Å². The van der Waals surface area contributed by atoms with Crippen molar-refractivity contribution < 1.29 is 4.79 Å². The second-order valence-corrected chi connectivity index (χ2v) is 6.28. The van der Waals surface area contributed by atoms with Gasteiger partial charge in [-0.2, -0.15) is 0 Å². The predicted molar refractivity (Wildman–Crippen MR) is 88.0 cm³/mol. The van der Waals surface area contributed by atoms with Crippen molar-refractivity contribution >= 4 is 41.7 Å². The molecule has 0 aliphatic carbocycles. The number of hydrogen-bond acceptors (Lipinski definition) is 3. The summed E-state index contributed by atoms with van der Waals surface area (Å²) in [5.41, 5.74) is 0. The average Bonchev–Trinajstić information content (AvgIpc) is 2.87. The smallest absolute Gasteiger partial charge is 0.232 e. The molecule has 1 aromatic rings. The Morgan fingerprint density at radius 1 is 1.45 bits per heavy atom. The van der Waals surface area contributed by atoms with Crippen molar-refractivity contribution in [1.82, 2.24) is 10.2 Å². The molecule has 20 heavy (non-hydrogen) atoms. The number of benzene rings is 1.